The topological polar surface area (TPSA) is 69.6 Å². The molecule has 0 bridgehead atoms. The number of carbonyl (C=O) groups is 1. The summed E-state index contributed by atoms with van der Waals surface area (Å²) in [4.78, 5) is 10.9. The fraction of sp³-hybridized carbons (Fsp3) is 0.889. The molecule has 1 saturated heterocycles. The summed E-state index contributed by atoms with van der Waals surface area (Å²) in [5, 5.41) is 21.6. The first kappa shape index (κ1) is 10.5. The molecule has 4 heteroatoms. The van der Waals surface area contributed by atoms with Crippen LogP contribution in [-0.4, -0.2) is 34.9 Å². The van der Waals surface area contributed by atoms with Crippen molar-refractivity contribution in [3.05, 3.63) is 0 Å². The van der Waals surface area contributed by atoms with Gasteiger partial charge in [-0.2, -0.15) is 0 Å². The van der Waals surface area contributed by atoms with Gasteiger partial charge in [-0.25, -0.2) is 0 Å². The molecule has 0 spiro atoms. The Balaban J connectivity index is 2.74. The molecule has 1 aliphatic heterocycles. The molecule has 3 atom stereocenters. The van der Waals surface area contributed by atoms with Crippen molar-refractivity contribution >= 4 is 5.97 Å². The third-order valence-electron chi connectivity index (χ3n) is 2.62. The predicted molar refractivity (Wildman–Crippen MR) is 48.4 cm³/mol. The number of nitrogens with one attached hydrogen (secondary N) is 1. The first-order valence-electron chi connectivity index (χ1n) is 4.68. The zero-order valence-electron chi connectivity index (χ0n) is 8.03. The van der Waals surface area contributed by atoms with Gasteiger partial charge in [-0.15, -0.1) is 0 Å². The highest BCUT2D eigenvalue weighted by Crippen LogP contribution is 2.22. The van der Waals surface area contributed by atoms with Gasteiger partial charge in [0.2, 0.25) is 0 Å². The molecule has 13 heavy (non-hydrogen) atoms. The summed E-state index contributed by atoms with van der Waals surface area (Å²) in [6.45, 7) is 4.63. The van der Waals surface area contributed by atoms with Crippen LogP contribution in [0.2, 0.25) is 0 Å². The maximum Gasteiger partial charge on any atom is 0.310 e. The van der Waals surface area contributed by atoms with Crippen LogP contribution in [0.1, 0.15) is 20.3 Å². The molecule has 0 aromatic heterocycles. The molecule has 4 nitrogen and oxygen atoms in total. The third-order valence-corrected chi connectivity index (χ3v) is 2.62. The number of aliphatic hydroxyl groups is 1. The minimum Gasteiger partial charge on any atom is -0.481 e. The average Bonchev–Trinajstić information content (AvgIpc) is 2.02. The van der Waals surface area contributed by atoms with Crippen LogP contribution in [-0.2, 0) is 4.79 Å². The summed E-state index contributed by atoms with van der Waals surface area (Å²) in [5.74, 6) is -1.33. The van der Waals surface area contributed by atoms with E-state index in [2.05, 4.69) is 5.32 Å². The van der Waals surface area contributed by atoms with E-state index in [4.69, 9.17) is 5.11 Å². The van der Waals surface area contributed by atoms with Crippen LogP contribution in [0.5, 0.6) is 0 Å². The summed E-state index contributed by atoms with van der Waals surface area (Å²) in [6.07, 6.45) is -0.175. The Kier molecular flexibility index (Phi) is 3.27. The molecule has 0 aliphatic carbocycles. The Hall–Kier alpha value is -0.610. The third kappa shape index (κ3) is 2.19. The van der Waals surface area contributed by atoms with E-state index in [9.17, 15) is 9.90 Å². The fourth-order valence-corrected chi connectivity index (χ4v) is 1.91. The fourth-order valence-electron chi connectivity index (χ4n) is 1.91. The second-order valence-corrected chi connectivity index (χ2v) is 3.94. The summed E-state index contributed by atoms with van der Waals surface area (Å²) in [7, 11) is 0. The molecular weight excluding hydrogens is 170 g/mol. The van der Waals surface area contributed by atoms with Gasteiger partial charge in [0, 0.05) is 6.04 Å². The van der Waals surface area contributed by atoms with Crippen molar-refractivity contribution in [2.75, 3.05) is 6.54 Å². The van der Waals surface area contributed by atoms with Crippen molar-refractivity contribution in [1.29, 1.82) is 0 Å². The Morgan fingerprint density at radius 3 is 2.54 bits per heavy atom. The normalized spacial score (nSPS) is 34.9. The minimum atomic E-state index is -0.904. The number of carboxylic acid groups (broad SMARTS) is 1. The lowest BCUT2D eigenvalue weighted by Gasteiger charge is -2.36. The number of aliphatic carboxylic acids is 1. The van der Waals surface area contributed by atoms with E-state index >= 15 is 0 Å². The average molecular weight is 187 g/mol. The van der Waals surface area contributed by atoms with Gasteiger partial charge in [0.25, 0.3) is 0 Å². The van der Waals surface area contributed by atoms with Crippen molar-refractivity contribution in [2.45, 2.75) is 32.4 Å². The molecule has 1 rings (SSSR count). The zero-order valence-corrected chi connectivity index (χ0v) is 8.03. The molecule has 0 aromatic rings. The first-order valence-corrected chi connectivity index (χ1v) is 4.68. The van der Waals surface area contributed by atoms with E-state index < -0.39 is 18.0 Å². The van der Waals surface area contributed by atoms with E-state index in [1.54, 1.807) is 0 Å². The highest BCUT2D eigenvalue weighted by atomic mass is 16.4. The molecule has 0 saturated carbocycles. The van der Waals surface area contributed by atoms with Crippen molar-refractivity contribution in [2.24, 2.45) is 11.8 Å². The van der Waals surface area contributed by atoms with E-state index in [1.165, 1.54) is 0 Å². The van der Waals surface area contributed by atoms with Crippen molar-refractivity contribution in [3.63, 3.8) is 0 Å². The molecular formula is C9H17NO3. The maximum atomic E-state index is 10.9. The van der Waals surface area contributed by atoms with Crippen LogP contribution < -0.4 is 5.32 Å². The lowest BCUT2D eigenvalue weighted by atomic mass is 9.82. The number of piperidine rings is 1. The number of hydrogen-bond donors (Lipinski definition) is 3. The molecule has 0 radical (unpaired) electrons. The van der Waals surface area contributed by atoms with E-state index in [0.29, 0.717) is 13.0 Å². The molecule has 76 valence electrons. The van der Waals surface area contributed by atoms with Gasteiger partial charge in [-0.1, -0.05) is 13.8 Å². The molecule has 3 unspecified atom stereocenters. The Morgan fingerprint density at radius 2 is 2.15 bits per heavy atom. The summed E-state index contributed by atoms with van der Waals surface area (Å²) in [6, 6.07) is -0.110. The largest absolute Gasteiger partial charge is 0.481 e. The molecule has 1 heterocycles. The zero-order chi connectivity index (χ0) is 10.0. The molecule has 0 aromatic carbocycles. The van der Waals surface area contributed by atoms with E-state index in [0.717, 1.165) is 0 Å². The van der Waals surface area contributed by atoms with Gasteiger partial charge in [0.1, 0.15) is 0 Å². The van der Waals surface area contributed by atoms with Gasteiger partial charge in [0.15, 0.2) is 0 Å². The highest BCUT2D eigenvalue weighted by molar-refractivity contribution is 5.71. The SMILES string of the molecule is CC(C)C1NCCC(O)C1C(=O)O. The van der Waals surface area contributed by atoms with Gasteiger partial charge >= 0.3 is 5.97 Å². The number of aliphatic hydroxyl groups excluding tert-OH is 1. The van der Waals surface area contributed by atoms with Crippen molar-refractivity contribution < 1.29 is 15.0 Å². The maximum absolute atomic E-state index is 10.9. The van der Waals surface area contributed by atoms with Crippen LogP contribution in [0.25, 0.3) is 0 Å². The van der Waals surface area contributed by atoms with Crippen LogP contribution in [0.15, 0.2) is 0 Å². The van der Waals surface area contributed by atoms with E-state index in [1.807, 2.05) is 13.8 Å². The molecule has 3 N–H and O–H groups in total. The monoisotopic (exact) mass is 187 g/mol. The molecule has 1 fully saturated rings. The minimum absolute atomic E-state index is 0.110. The lowest BCUT2D eigenvalue weighted by Crippen LogP contribution is -2.54. The Bertz CT molecular complexity index is 193. The van der Waals surface area contributed by atoms with Crippen LogP contribution in [0, 0.1) is 11.8 Å². The van der Waals surface area contributed by atoms with Crippen LogP contribution in [0.3, 0.4) is 0 Å². The molecule has 0 amide bonds. The van der Waals surface area contributed by atoms with E-state index in [-0.39, 0.29) is 12.0 Å². The van der Waals surface area contributed by atoms with Crippen LogP contribution >= 0.6 is 0 Å². The Labute approximate surface area is 78.0 Å². The second-order valence-electron chi connectivity index (χ2n) is 3.94. The van der Waals surface area contributed by atoms with Crippen molar-refractivity contribution in [3.8, 4) is 0 Å². The smallest absolute Gasteiger partial charge is 0.310 e. The number of carboxylic acids is 1. The lowest BCUT2D eigenvalue weighted by molar-refractivity contribution is -0.149. The number of rotatable bonds is 2. The van der Waals surface area contributed by atoms with Gasteiger partial charge in [0.05, 0.1) is 12.0 Å². The number of hydrogen-bond acceptors (Lipinski definition) is 3. The first-order chi connectivity index (χ1) is 6.04. The highest BCUT2D eigenvalue weighted by Gasteiger charge is 2.38. The second kappa shape index (κ2) is 4.07. The van der Waals surface area contributed by atoms with Crippen molar-refractivity contribution in [1.82, 2.24) is 5.32 Å². The van der Waals surface area contributed by atoms with Crippen LogP contribution in [0.4, 0.5) is 0 Å². The summed E-state index contributed by atoms with van der Waals surface area (Å²) >= 11 is 0. The van der Waals surface area contributed by atoms with Gasteiger partial charge < -0.3 is 15.5 Å². The molecule has 1 aliphatic rings. The standard InChI is InChI=1S/C9H17NO3/c1-5(2)8-7(9(12)13)6(11)3-4-10-8/h5-8,10-11H,3-4H2,1-2H3,(H,12,13). The van der Waals surface area contributed by atoms with Gasteiger partial charge in [-0.3, -0.25) is 4.79 Å². The quantitative estimate of drug-likeness (QED) is 0.572. The van der Waals surface area contributed by atoms with Gasteiger partial charge in [-0.05, 0) is 18.9 Å². The summed E-state index contributed by atoms with van der Waals surface area (Å²) in [5.41, 5.74) is 0. The summed E-state index contributed by atoms with van der Waals surface area (Å²) < 4.78 is 0. The Morgan fingerprint density at radius 1 is 1.54 bits per heavy atom. The predicted octanol–water partition coefficient (Wildman–Crippen LogP) is 0.0660.